The molecule has 0 unspecified atom stereocenters. The average Bonchev–Trinajstić information content (AvgIpc) is 2.89. The highest BCUT2D eigenvalue weighted by Crippen LogP contribution is 2.29. The van der Waals surface area contributed by atoms with Crippen LogP contribution in [-0.4, -0.2) is 20.5 Å². The van der Waals surface area contributed by atoms with Crippen LogP contribution in [0.4, 0.5) is 5.69 Å². The first-order chi connectivity index (χ1) is 17.8. The minimum Gasteiger partial charge on any atom is -0.267 e. The van der Waals surface area contributed by atoms with Crippen LogP contribution < -0.4 is 9.73 Å². The number of hydrogen-bond donors (Lipinski definition) is 1. The second-order valence-electron chi connectivity index (χ2n) is 8.19. The summed E-state index contributed by atoms with van der Waals surface area (Å²) >= 11 is 12.1. The van der Waals surface area contributed by atoms with Gasteiger partial charge >= 0.3 is 0 Å². The summed E-state index contributed by atoms with van der Waals surface area (Å²) in [5, 5.41) is 4.86. The van der Waals surface area contributed by atoms with Gasteiger partial charge in [-0.15, -0.1) is 0 Å². The Morgan fingerprint density at radius 3 is 2.30 bits per heavy atom. The molecule has 1 amide bonds. The number of nitrogens with zero attached hydrogens (tertiary/aromatic N) is 2. The Labute approximate surface area is 226 Å². The van der Waals surface area contributed by atoms with E-state index >= 15 is 0 Å². The molecule has 1 N–H and O–H groups in total. The van der Waals surface area contributed by atoms with Crippen molar-refractivity contribution in [1.29, 1.82) is 0 Å². The Balaban J connectivity index is 1.70. The summed E-state index contributed by atoms with van der Waals surface area (Å²) in [6, 6.07) is 27.2. The summed E-state index contributed by atoms with van der Waals surface area (Å²) in [4.78, 5) is 13.3. The van der Waals surface area contributed by atoms with Crippen molar-refractivity contribution in [3.8, 4) is 0 Å². The van der Waals surface area contributed by atoms with Crippen LogP contribution in [0.1, 0.15) is 27.0 Å². The molecule has 0 aromatic heterocycles. The SMILES string of the molecule is Cc1ccc(S(=O)(=O)N(Cc2ccccc2)c2ccccc2C(=O)N/N=C\c2ccc(Cl)cc2Cl)cc1. The molecule has 6 nitrogen and oxygen atoms in total. The molecular weight excluding hydrogens is 529 g/mol. The third-order valence-corrected chi connectivity index (χ3v) is 7.86. The number of halogens is 2. The maximum atomic E-state index is 13.8. The quantitative estimate of drug-likeness (QED) is 0.201. The summed E-state index contributed by atoms with van der Waals surface area (Å²) in [6.45, 7) is 1.92. The molecule has 4 aromatic rings. The first-order valence-electron chi connectivity index (χ1n) is 11.3. The molecule has 188 valence electrons. The summed E-state index contributed by atoms with van der Waals surface area (Å²) in [5.74, 6) is -0.575. The van der Waals surface area contributed by atoms with E-state index in [9.17, 15) is 13.2 Å². The standard InChI is InChI=1S/C28H23Cl2N3O3S/c1-20-11-15-24(16-12-20)37(35,36)33(19-21-7-3-2-4-8-21)27-10-6-5-9-25(27)28(34)32-31-18-22-13-14-23(29)17-26(22)30/h2-18H,19H2,1H3,(H,32,34)/b31-18-. The van der Waals surface area contributed by atoms with Crippen molar-refractivity contribution >= 4 is 51.0 Å². The van der Waals surface area contributed by atoms with E-state index < -0.39 is 15.9 Å². The molecule has 0 aliphatic rings. The lowest BCUT2D eigenvalue weighted by molar-refractivity contribution is 0.0955. The van der Waals surface area contributed by atoms with Crippen LogP contribution >= 0.6 is 23.2 Å². The number of carbonyl (C=O) groups is 1. The smallest absolute Gasteiger partial charge is 0.267 e. The summed E-state index contributed by atoms with van der Waals surface area (Å²) in [7, 11) is -4.01. The van der Waals surface area contributed by atoms with Gasteiger partial charge in [0.25, 0.3) is 15.9 Å². The molecule has 4 rings (SSSR count). The maximum Gasteiger partial charge on any atom is 0.273 e. The van der Waals surface area contributed by atoms with Gasteiger partial charge in [0, 0.05) is 10.6 Å². The van der Waals surface area contributed by atoms with Gasteiger partial charge in [0.2, 0.25) is 0 Å². The van der Waals surface area contributed by atoms with Gasteiger partial charge in [-0.05, 0) is 48.9 Å². The van der Waals surface area contributed by atoms with Crippen molar-refractivity contribution in [2.75, 3.05) is 4.31 Å². The van der Waals surface area contributed by atoms with Gasteiger partial charge in [0.1, 0.15) is 0 Å². The van der Waals surface area contributed by atoms with Gasteiger partial charge in [-0.25, -0.2) is 13.8 Å². The Bertz CT molecular complexity index is 1540. The second kappa shape index (κ2) is 11.6. The predicted molar refractivity (Wildman–Crippen MR) is 149 cm³/mol. The van der Waals surface area contributed by atoms with Gasteiger partial charge in [-0.3, -0.25) is 9.10 Å². The van der Waals surface area contributed by atoms with Crippen LogP contribution in [-0.2, 0) is 16.6 Å². The van der Waals surface area contributed by atoms with E-state index in [1.807, 2.05) is 37.3 Å². The van der Waals surface area contributed by atoms with Crippen molar-refractivity contribution in [2.45, 2.75) is 18.4 Å². The lowest BCUT2D eigenvalue weighted by Crippen LogP contribution is -2.33. The van der Waals surface area contributed by atoms with Gasteiger partial charge in [-0.1, -0.05) is 89.4 Å². The Morgan fingerprint density at radius 2 is 1.59 bits per heavy atom. The molecule has 4 aromatic carbocycles. The van der Waals surface area contributed by atoms with Gasteiger partial charge in [-0.2, -0.15) is 5.10 Å². The highest BCUT2D eigenvalue weighted by Gasteiger charge is 2.28. The largest absolute Gasteiger partial charge is 0.273 e. The van der Waals surface area contributed by atoms with Gasteiger partial charge in [0.15, 0.2) is 0 Å². The predicted octanol–water partition coefficient (Wildman–Crippen LogP) is 6.46. The van der Waals surface area contributed by atoms with Crippen LogP contribution in [0.25, 0.3) is 0 Å². The zero-order valence-corrected chi connectivity index (χ0v) is 22.1. The number of rotatable bonds is 8. The third kappa shape index (κ3) is 6.38. The molecule has 0 heterocycles. The van der Waals surface area contributed by atoms with Crippen LogP contribution in [0.3, 0.4) is 0 Å². The van der Waals surface area contributed by atoms with E-state index in [1.165, 1.54) is 10.5 Å². The molecule has 0 radical (unpaired) electrons. The van der Waals surface area contributed by atoms with Crippen LogP contribution in [0.2, 0.25) is 10.0 Å². The zero-order valence-electron chi connectivity index (χ0n) is 19.8. The number of hydrogen-bond acceptors (Lipinski definition) is 4. The number of amides is 1. The fourth-order valence-corrected chi connectivity index (χ4v) is 5.53. The Hall–Kier alpha value is -3.65. The topological polar surface area (TPSA) is 78.8 Å². The van der Waals surface area contributed by atoms with Gasteiger partial charge < -0.3 is 0 Å². The minimum absolute atomic E-state index is 0.0327. The van der Waals surface area contributed by atoms with Crippen molar-refractivity contribution in [2.24, 2.45) is 5.10 Å². The molecule has 9 heteroatoms. The lowest BCUT2D eigenvalue weighted by atomic mass is 10.1. The van der Waals surface area contributed by atoms with E-state index in [4.69, 9.17) is 23.2 Å². The summed E-state index contributed by atoms with van der Waals surface area (Å²) in [5.41, 5.74) is 5.10. The van der Waals surface area contributed by atoms with Crippen LogP contribution in [0.5, 0.6) is 0 Å². The third-order valence-electron chi connectivity index (χ3n) is 5.53. The van der Waals surface area contributed by atoms with Crippen molar-refractivity contribution in [3.05, 3.63) is 129 Å². The number of aryl methyl sites for hydroxylation is 1. The van der Waals surface area contributed by atoms with E-state index in [2.05, 4.69) is 10.5 Å². The van der Waals surface area contributed by atoms with Crippen LogP contribution in [0, 0.1) is 6.92 Å². The molecule has 0 bridgehead atoms. The number of nitrogens with one attached hydrogen (secondary N) is 1. The first-order valence-corrected chi connectivity index (χ1v) is 13.5. The summed E-state index contributed by atoms with van der Waals surface area (Å²) < 4.78 is 28.9. The van der Waals surface area contributed by atoms with E-state index in [1.54, 1.807) is 66.7 Å². The van der Waals surface area contributed by atoms with Crippen molar-refractivity contribution in [1.82, 2.24) is 5.43 Å². The highest BCUT2D eigenvalue weighted by molar-refractivity contribution is 7.92. The maximum absolute atomic E-state index is 13.8. The monoisotopic (exact) mass is 551 g/mol. The molecule has 0 aliphatic carbocycles. The van der Waals surface area contributed by atoms with Crippen molar-refractivity contribution in [3.63, 3.8) is 0 Å². The fraction of sp³-hybridized carbons (Fsp3) is 0.0714. The van der Waals surface area contributed by atoms with E-state index in [0.717, 1.165) is 11.1 Å². The Kier molecular flexibility index (Phi) is 8.28. The van der Waals surface area contributed by atoms with E-state index in [0.29, 0.717) is 15.6 Å². The molecular formula is C28H23Cl2N3O3S. The summed E-state index contributed by atoms with van der Waals surface area (Å²) in [6.07, 6.45) is 1.39. The van der Waals surface area contributed by atoms with Gasteiger partial charge in [0.05, 0.1) is 33.9 Å². The van der Waals surface area contributed by atoms with Crippen molar-refractivity contribution < 1.29 is 13.2 Å². The molecule has 0 saturated carbocycles. The number of carbonyl (C=O) groups excluding carboxylic acids is 1. The number of benzene rings is 4. The minimum atomic E-state index is -4.01. The zero-order chi connectivity index (χ0) is 26.4. The average molecular weight is 552 g/mol. The molecule has 0 spiro atoms. The number of sulfonamides is 1. The molecule has 0 saturated heterocycles. The molecule has 0 atom stereocenters. The normalized spacial score (nSPS) is 11.4. The first kappa shape index (κ1) is 26.4. The Morgan fingerprint density at radius 1 is 0.919 bits per heavy atom. The van der Waals surface area contributed by atoms with E-state index in [-0.39, 0.29) is 22.7 Å². The second-order valence-corrected chi connectivity index (χ2v) is 10.9. The highest BCUT2D eigenvalue weighted by atomic mass is 35.5. The molecule has 0 aliphatic heterocycles. The fourth-order valence-electron chi connectivity index (χ4n) is 3.60. The number of anilines is 1. The number of hydrazone groups is 1. The van der Waals surface area contributed by atoms with Crippen LogP contribution in [0.15, 0.2) is 107 Å². The number of para-hydroxylation sites is 1. The molecule has 0 fully saturated rings. The molecule has 37 heavy (non-hydrogen) atoms. The lowest BCUT2D eigenvalue weighted by Gasteiger charge is -2.26.